The molecule has 2 aromatic rings. The summed E-state index contributed by atoms with van der Waals surface area (Å²) < 4.78 is 7.34. The maximum Gasteiger partial charge on any atom is 0.253 e. The topological polar surface area (TPSA) is 56.2 Å². The molecule has 1 aromatic carbocycles. The molecule has 110 valence electrons. The molecule has 5 nitrogen and oxygen atoms in total. The molecule has 1 aliphatic rings. The van der Waals surface area contributed by atoms with E-state index in [9.17, 15) is 4.79 Å². The summed E-state index contributed by atoms with van der Waals surface area (Å²) in [6.45, 7) is 0.678. The molecule has 0 bridgehead atoms. The van der Waals surface area contributed by atoms with Gasteiger partial charge in [-0.05, 0) is 37.1 Å². The van der Waals surface area contributed by atoms with Crippen LogP contribution >= 0.6 is 11.8 Å². The molecule has 1 aliphatic heterocycles. The van der Waals surface area contributed by atoms with E-state index in [2.05, 4.69) is 10.3 Å². The van der Waals surface area contributed by atoms with Crippen molar-refractivity contribution in [2.45, 2.75) is 29.0 Å². The van der Waals surface area contributed by atoms with E-state index in [-0.39, 0.29) is 12.0 Å². The lowest BCUT2D eigenvalue weighted by Gasteiger charge is -2.10. The average molecular weight is 303 g/mol. The van der Waals surface area contributed by atoms with Crippen LogP contribution in [0.1, 0.15) is 12.8 Å². The highest BCUT2D eigenvalue weighted by Crippen LogP contribution is 2.27. The third-order valence-corrected chi connectivity index (χ3v) is 4.41. The Morgan fingerprint density at radius 1 is 1.43 bits per heavy atom. The van der Waals surface area contributed by atoms with E-state index in [0.29, 0.717) is 6.61 Å². The zero-order chi connectivity index (χ0) is 14.7. The molecule has 1 aromatic heterocycles. The van der Waals surface area contributed by atoms with Gasteiger partial charge in [-0.15, -0.1) is 0 Å². The summed E-state index contributed by atoms with van der Waals surface area (Å²) in [5.74, 6) is -0.0583. The van der Waals surface area contributed by atoms with Crippen LogP contribution in [0, 0.1) is 0 Å². The van der Waals surface area contributed by atoms with E-state index >= 15 is 0 Å². The number of anilines is 1. The van der Waals surface area contributed by atoms with Crippen LogP contribution in [0.25, 0.3) is 0 Å². The van der Waals surface area contributed by atoms with E-state index in [4.69, 9.17) is 4.74 Å². The monoisotopic (exact) mass is 303 g/mol. The van der Waals surface area contributed by atoms with Gasteiger partial charge in [0.1, 0.15) is 6.10 Å². The first-order valence-corrected chi connectivity index (χ1v) is 7.72. The highest BCUT2D eigenvalue weighted by Gasteiger charge is 2.23. The lowest BCUT2D eigenvalue weighted by Crippen LogP contribution is -2.26. The third kappa shape index (κ3) is 3.46. The zero-order valence-electron chi connectivity index (χ0n) is 11.8. The van der Waals surface area contributed by atoms with Crippen LogP contribution in [0.5, 0.6) is 0 Å². The highest BCUT2D eigenvalue weighted by molar-refractivity contribution is 7.99. The van der Waals surface area contributed by atoms with Gasteiger partial charge in [0.25, 0.3) is 5.91 Å². The van der Waals surface area contributed by atoms with Crippen molar-refractivity contribution in [3.05, 3.63) is 36.7 Å². The van der Waals surface area contributed by atoms with Gasteiger partial charge in [0.2, 0.25) is 0 Å². The van der Waals surface area contributed by atoms with Gasteiger partial charge in [-0.2, -0.15) is 0 Å². The SMILES string of the molecule is Cn1ccnc1Sc1ccc(NC(=O)C2CCCO2)cc1. The molecule has 1 saturated heterocycles. The largest absolute Gasteiger partial charge is 0.368 e. The highest BCUT2D eigenvalue weighted by atomic mass is 32.2. The number of ether oxygens (including phenoxy) is 1. The Kier molecular flexibility index (Phi) is 4.26. The van der Waals surface area contributed by atoms with Crippen LogP contribution in [-0.4, -0.2) is 28.2 Å². The van der Waals surface area contributed by atoms with Crippen LogP contribution in [-0.2, 0) is 16.6 Å². The number of carbonyl (C=O) groups excluding carboxylic acids is 1. The summed E-state index contributed by atoms with van der Waals surface area (Å²) in [4.78, 5) is 17.3. The number of amides is 1. The van der Waals surface area contributed by atoms with Crippen molar-refractivity contribution < 1.29 is 9.53 Å². The maximum atomic E-state index is 11.9. The van der Waals surface area contributed by atoms with Crippen LogP contribution in [0.2, 0.25) is 0 Å². The number of aryl methyl sites for hydroxylation is 1. The van der Waals surface area contributed by atoms with Gasteiger partial charge in [-0.25, -0.2) is 4.98 Å². The maximum absolute atomic E-state index is 11.9. The van der Waals surface area contributed by atoms with Crippen molar-refractivity contribution in [1.82, 2.24) is 9.55 Å². The molecule has 0 radical (unpaired) electrons. The van der Waals surface area contributed by atoms with Gasteiger partial charge in [0.05, 0.1) is 0 Å². The van der Waals surface area contributed by atoms with E-state index in [0.717, 1.165) is 28.6 Å². The Balaban J connectivity index is 1.61. The predicted molar refractivity (Wildman–Crippen MR) is 81.4 cm³/mol. The van der Waals surface area contributed by atoms with Crippen LogP contribution < -0.4 is 5.32 Å². The normalized spacial score (nSPS) is 17.9. The number of hydrogen-bond acceptors (Lipinski definition) is 4. The molecule has 1 N–H and O–H groups in total. The van der Waals surface area contributed by atoms with Crippen LogP contribution in [0.15, 0.2) is 46.7 Å². The van der Waals surface area contributed by atoms with E-state index in [1.54, 1.807) is 18.0 Å². The Bertz CT molecular complexity index is 618. The molecule has 0 aliphatic carbocycles. The molecule has 1 amide bonds. The van der Waals surface area contributed by atoms with Crippen molar-refractivity contribution in [2.75, 3.05) is 11.9 Å². The summed E-state index contributed by atoms with van der Waals surface area (Å²) >= 11 is 1.59. The van der Waals surface area contributed by atoms with E-state index < -0.39 is 0 Å². The van der Waals surface area contributed by atoms with Crippen molar-refractivity contribution >= 4 is 23.4 Å². The standard InChI is InChI=1S/C15H17N3O2S/c1-18-9-8-16-15(18)21-12-6-4-11(5-7-12)17-14(19)13-3-2-10-20-13/h4-9,13H,2-3,10H2,1H3,(H,17,19). The minimum atomic E-state index is -0.299. The minimum Gasteiger partial charge on any atom is -0.368 e. The predicted octanol–water partition coefficient (Wildman–Crippen LogP) is 2.69. The summed E-state index contributed by atoms with van der Waals surface area (Å²) in [6.07, 6.45) is 5.15. The first-order valence-electron chi connectivity index (χ1n) is 6.90. The number of rotatable bonds is 4. The Morgan fingerprint density at radius 3 is 2.86 bits per heavy atom. The van der Waals surface area contributed by atoms with Gasteiger partial charge in [0, 0.05) is 36.6 Å². The van der Waals surface area contributed by atoms with Crippen molar-refractivity contribution in [3.8, 4) is 0 Å². The molecule has 2 heterocycles. The molecule has 1 atom stereocenters. The second-order valence-corrected chi connectivity index (χ2v) is 5.98. The molecule has 21 heavy (non-hydrogen) atoms. The molecular formula is C15H17N3O2S. The van der Waals surface area contributed by atoms with E-state index in [1.807, 2.05) is 42.1 Å². The lowest BCUT2D eigenvalue weighted by atomic mass is 10.2. The van der Waals surface area contributed by atoms with Gasteiger partial charge in [0.15, 0.2) is 5.16 Å². The summed E-state index contributed by atoms with van der Waals surface area (Å²) in [7, 11) is 1.96. The molecule has 1 fully saturated rings. The van der Waals surface area contributed by atoms with Gasteiger partial charge in [-0.1, -0.05) is 11.8 Å². The summed E-state index contributed by atoms with van der Waals surface area (Å²) in [5.41, 5.74) is 0.791. The number of nitrogens with zero attached hydrogens (tertiary/aromatic N) is 2. The summed E-state index contributed by atoms with van der Waals surface area (Å²) in [5, 5.41) is 3.82. The Labute approximate surface area is 127 Å². The molecule has 3 rings (SSSR count). The quantitative estimate of drug-likeness (QED) is 0.943. The van der Waals surface area contributed by atoms with Crippen LogP contribution in [0.3, 0.4) is 0 Å². The fourth-order valence-corrected chi connectivity index (χ4v) is 2.97. The smallest absolute Gasteiger partial charge is 0.253 e. The molecule has 1 unspecified atom stereocenters. The second-order valence-electron chi connectivity index (χ2n) is 4.94. The van der Waals surface area contributed by atoms with E-state index in [1.165, 1.54) is 0 Å². The number of imidazole rings is 1. The second kappa shape index (κ2) is 6.32. The van der Waals surface area contributed by atoms with Crippen molar-refractivity contribution in [1.29, 1.82) is 0 Å². The van der Waals surface area contributed by atoms with Crippen molar-refractivity contribution in [2.24, 2.45) is 7.05 Å². The lowest BCUT2D eigenvalue weighted by molar-refractivity contribution is -0.124. The molecule has 0 spiro atoms. The molecule has 6 heteroatoms. The number of hydrogen-bond donors (Lipinski definition) is 1. The molecular weight excluding hydrogens is 286 g/mol. The number of aromatic nitrogens is 2. The fourth-order valence-electron chi connectivity index (χ4n) is 2.17. The fraction of sp³-hybridized carbons (Fsp3) is 0.333. The van der Waals surface area contributed by atoms with Crippen LogP contribution in [0.4, 0.5) is 5.69 Å². The van der Waals surface area contributed by atoms with Gasteiger partial charge >= 0.3 is 0 Å². The first kappa shape index (κ1) is 14.2. The number of benzene rings is 1. The number of carbonyl (C=O) groups is 1. The average Bonchev–Trinajstić information content (AvgIpc) is 3.14. The molecule has 0 saturated carbocycles. The van der Waals surface area contributed by atoms with Gasteiger partial charge < -0.3 is 14.6 Å². The zero-order valence-corrected chi connectivity index (χ0v) is 12.6. The first-order chi connectivity index (χ1) is 10.2. The van der Waals surface area contributed by atoms with Crippen molar-refractivity contribution in [3.63, 3.8) is 0 Å². The Morgan fingerprint density at radius 2 is 2.24 bits per heavy atom. The minimum absolute atomic E-state index is 0.0583. The summed E-state index contributed by atoms with van der Waals surface area (Å²) in [6, 6.07) is 7.76. The van der Waals surface area contributed by atoms with Gasteiger partial charge in [-0.3, -0.25) is 4.79 Å². The number of nitrogens with one attached hydrogen (secondary N) is 1. The Hall–Kier alpha value is -1.79. The third-order valence-electron chi connectivity index (χ3n) is 3.33.